The van der Waals surface area contributed by atoms with Crippen molar-refractivity contribution in [1.82, 2.24) is 10.2 Å². The molecule has 0 saturated heterocycles. The van der Waals surface area contributed by atoms with Crippen molar-refractivity contribution in [2.45, 2.75) is 19.0 Å². The second-order valence-electron chi connectivity index (χ2n) is 5.30. The summed E-state index contributed by atoms with van der Waals surface area (Å²) in [4.78, 5) is 2.08. The molecule has 0 bridgehead atoms. The van der Waals surface area contributed by atoms with E-state index in [1.54, 1.807) is 12.3 Å². The number of nitrogens with one attached hydrogen (secondary N) is 1. The van der Waals surface area contributed by atoms with Gasteiger partial charge in [0.05, 0.1) is 17.3 Å². The van der Waals surface area contributed by atoms with Crippen LogP contribution < -0.4 is 5.32 Å². The van der Waals surface area contributed by atoms with E-state index in [4.69, 9.17) is 16.0 Å². The third-order valence-corrected chi connectivity index (χ3v) is 3.86. The molecule has 1 aromatic heterocycles. The molecule has 2 rings (SSSR count). The first kappa shape index (κ1) is 16.0. The van der Waals surface area contributed by atoms with Crippen LogP contribution >= 0.6 is 11.6 Å². The predicted molar refractivity (Wildman–Crippen MR) is 83.0 cm³/mol. The van der Waals surface area contributed by atoms with Gasteiger partial charge in [-0.25, -0.2) is 4.39 Å². The van der Waals surface area contributed by atoms with E-state index in [2.05, 4.69) is 10.2 Å². The van der Waals surface area contributed by atoms with Crippen molar-refractivity contribution in [2.75, 3.05) is 20.6 Å². The maximum Gasteiger partial charge on any atom is 0.142 e. The minimum absolute atomic E-state index is 0.0224. The van der Waals surface area contributed by atoms with E-state index in [-0.39, 0.29) is 17.1 Å². The van der Waals surface area contributed by atoms with Crippen LogP contribution in [0.5, 0.6) is 0 Å². The maximum absolute atomic E-state index is 13.5. The quantitative estimate of drug-likeness (QED) is 0.873. The van der Waals surface area contributed by atoms with Crippen LogP contribution in [0.25, 0.3) is 0 Å². The molecule has 2 aromatic rings. The predicted octanol–water partition coefficient (Wildman–Crippen LogP) is 4.03. The van der Waals surface area contributed by atoms with Gasteiger partial charge in [-0.3, -0.25) is 4.90 Å². The summed E-state index contributed by atoms with van der Waals surface area (Å²) in [5.74, 6) is 0.514. The molecule has 0 fully saturated rings. The van der Waals surface area contributed by atoms with Crippen LogP contribution in [0, 0.1) is 5.82 Å². The zero-order chi connectivity index (χ0) is 15.4. The third-order valence-electron chi connectivity index (χ3n) is 3.56. The summed E-state index contributed by atoms with van der Waals surface area (Å²) in [6.45, 7) is 2.70. The van der Waals surface area contributed by atoms with Crippen molar-refractivity contribution in [3.8, 4) is 0 Å². The van der Waals surface area contributed by atoms with Crippen LogP contribution in [0.15, 0.2) is 41.0 Å². The Kier molecular flexibility index (Phi) is 5.39. The topological polar surface area (TPSA) is 28.4 Å². The number of benzene rings is 1. The fourth-order valence-electron chi connectivity index (χ4n) is 2.21. The molecular weight excluding hydrogens is 291 g/mol. The second kappa shape index (κ2) is 7.07. The molecule has 0 aliphatic heterocycles. The lowest BCUT2D eigenvalue weighted by Gasteiger charge is -2.25. The van der Waals surface area contributed by atoms with Crippen LogP contribution in [-0.2, 0) is 0 Å². The van der Waals surface area contributed by atoms with Gasteiger partial charge in [-0.05, 0) is 50.8 Å². The molecule has 2 atom stereocenters. The van der Waals surface area contributed by atoms with E-state index in [0.717, 1.165) is 11.3 Å². The SMILES string of the molecule is CC(NCC(c1ccco1)N(C)C)c1ccc(Cl)c(F)c1. The smallest absolute Gasteiger partial charge is 0.142 e. The lowest BCUT2D eigenvalue weighted by molar-refractivity contribution is 0.245. The van der Waals surface area contributed by atoms with Crippen LogP contribution in [0.4, 0.5) is 4.39 Å². The first-order valence-electron chi connectivity index (χ1n) is 6.87. The highest BCUT2D eigenvalue weighted by molar-refractivity contribution is 6.30. The average molecular weight is 311 g/mol. The van der Waals surface area contributed by atoms with Crippen LogP contribution in [0.2, 0.25) is 5.02 Å². The Morgan fingerprint density at radius 3 is 2.67 bits per heavy atom. The Hall–Kier alpha value is -1.36. The minimum Gasteiger partial charge on any atom is -0.468 e. The molecule has 0 radical (unpaired) electrons. The number of likely N-dealkylation sites (N-methyl/N-ethyl adjacent to an activating group) is 1. The Balaban J connectivity index is 2.01. The van der Waals surface area contributed by atoms with Gasteiger partial charge >= 0.3 is 0 Å². The van der Waals surface area contributed by atoms with E-state index in [9.17, 15) is 4.39 Å². The van der Waals surface area contributed by atoms with Crippen LogP contribution in [-0.4, -0.2) is 25.5 Å². The average Bonchev–Trinajstić information content (AvgIpc) is 2.95. The van der Waals surface area contributed by atoms with Crippen molar-refractivity contribution in [1.29, 1.82) is 0 Å². The van der Waals surface area contributed by atoms with E-state index < -0.39 is 5.82 Å². The molecular formula is C16H20ClFN2O. The van der Waals surface area contributed by atoms with Crippen LogP contribution in [0.3, 0.4) is 0 Å². The van der Waals surface area contributed by atoms with Gasteiger partial charge < -0.3 is 9.73 Å². The number of hydrogen-bond acceptors (Lipinski definition) is 3. The zero-order valence-electron chi connectivity index (χ0n) is 12.4. The third kappa shape index (κ3) is 4.06. The monoisotopic (exact) mass is 310 g/mol. The maximum atomic E-state index is 13.5. The van der Waals surface area contributed by atoms with Gasteiger partial charge in [-0.1, -0.05) is 17.7 Å². The highest BCUT2D eigenvalue weighted by Crippen LogP contribution is 2.22. The summed E-state index contributed by atoms with van der Waals surface area (Å²) in [5, 5.41) is 3.55. The Morgan fingerprint density at radius 1 is 1.33 bits per heavy atom. The molecule has 0 spiro atoms. The van der Waals surface area contributed by atoms with Crippen molar-refractivity contribution in [3.63, 3.8) is 0 Å². The summed E-state index contributed by atoms with van der Waals surface area (Å²) in [6, 6.07) is 8.87. The summed E-state index contributed by atoms with van der Waals surface area (Å²) in [5.41, 5.74) is 0.869. The molecule has 2 unspecified atom stereocenters. The Bertz CT molecular complexity index is 572. The van der Waals surface area contributed by atoms with Gasteiger partial charge in [0.25, 0.3) is 0 Å². The van der Waals surface area contributed by atoms with Crippen molar-refractivity contribution >= 4 is 11.6 Å². The summed E-state index contributed by atoms with van der Waals surface area (Å²) in [6.07, 6.45) is 1.67. The minimum atomic E-state index is -0.391. The number of halogens is 2. The van der Waals surface area contributed by atoms with E-state index in [0.29, 0.717) is 6.54 Å². The molecule has 0 aliphatic rings. The standard InChI is InChI=1S/C16H20ClFN2O/c1-11(12-6-7-13(17)14(18)9-12)19-10-15(20(2)3)16-5-4-8-21-16/h4-9,11,15,19H,10H2,1-3H3. The number of furan rings is 1. The molecule has 0 saturated carbocycles. The molecule has 1 N–H and O–H groups in total. The molecule has 5 heteroatoms. The first-order valence-corrected chi connectivity index (χ1v) is 7.25. The van der Waals surface area contributed by atoms with Crippen molar-refractivity contribution < 1.29 is 8.81 Å². The van der Waals surface area contributed by atoms with Crippen molar-refractivity contribution in [3.05, 3.63) is 58.8 Å². The van der Waals surface area contributed by atoms with E-state index in [1.807, 2.05) is 39.2 Å². The normalized spacial score (nSPS) is 14.4. The molecule has 114 valence electrons. The van der Waals surface area contributed by atoms with Gasteiger partial charge in [-0.15, -0.1) is 0 Å². The van der Waals surface area contributed by atoms with Gasteiger partial charge in [0.1, 0.15) is 11.6 Å². The van der Waals surface area contributed by atoms with Gasteiger partial charge in [-0.2, -0.15) is 0 Å². The lowest BCUT2D eigenvalue weighted by atomic mass is 10.1. The van der Waals surface area contributed by atoms with Crippen molar-refractivity contribution in [2.24, 2.45) is 0 Å². The van der Waals surface area contributed by atoms with Crippen LogP contribution in [0.1, 0.15) is 30.3 Å². The van der Waals surface area contributed by atoms with Gasteiger partial charge in [0, 0.05) is 12.6 Å². The largest absolute Gasteiger partial charge is 0.468 e. The first-order chi connectivity index (χ1) is 9.99. The summed E-state index contributed by atoms with van der Waals surface area (Å²) >= 11 is 5.71. The second-order valence-corrected chi connectivity index (χ2v) is 5.71. The number of hydrogen-bond donors (Lipinski definition) is 1. The number of rotatable bonds is 6. The molecule has 0 amide bonds. The van der Waals surface area contributed by atoms with E-state index >= 15 is 0 Å². The fraction of sp³-hybridized carbons (Fsp3) is 0.375. The fourth-order valence-corrected chi connectivity index (χ4v) is 2.32. The molecule has 3 nitrogen and oxygen atoms in total. The van der Waals surface area contributed by atoms with Gasteiger partial charge in [0.15, 0.2) is 0 Å². The molecule has 21 heavy (non-hydrogen) atoms. The molecule has 1 aromatic carbocycles. The molecule has 1 heterocycles. The Labute approximate surface area is 129 Å². The van der Waals surface area contributed by atoms with E-state index in [1.165, 1.54) is 6.07 Å². The molecule has 0 aliphatic carbocycles. The zero-order valence-corrected chi connectivity index (χ0v) is 13.2. The highest BCUT2D eigenvalue weighted by atomic mass is 35.5. The lowest BCUT2D eigenvalue weighted by Crippen LogP contribution is -2.32. The summed E-state index contributed by atoms with van der Waals surface area (Å²) in [7, 11) is 4.00. The number of nitrogens with zero attached hydrogens (tertiary/aromatic N) is 1. The Morgan fingerprint density at radius 2 is 2.10 bits per heavy atom. The van der Waals surface area contributed by atoms with Gasteiger partial charge in [0.2, 0.25) is 0 Å². The summed E-state index contributed by atoms with van der Waals surface area (Å²) < 4.78 is 19.0. The highest BCUT2D eigenvalue weighted by Gasteiger charge is 2.18.